The molecule has 0 aliphatic heterocycles. The molecule has 0 radical (unpaired) electrons. The van der Waals surface area contributed by atoms with Crippen LogP contribution in [-0.2, 0) is 6.61 Å². The lowest BCUT2D eigenvalue weighted by atomic mass is 10.1. The van der Waals surface area contributed by atoms with E-state index >= 15 is 0 Å². The first-order valence-electron chi connectivity index (χ1n) is 4.68. The van der Waals surface area contributed by atoms with Crippen LogP contribution in [0.5, 0.6) is 0 Å². The van der Waals surface area contributed by atoms with Crippen molar-refractivity contribution >= 4 is 10.9 Å². The number of aromatic nitrogens is 1. The summed E-state index contributed by atoms with van der Waals surface area (Å²) in [7, 11) is 0. The Balaban J connectivity index is 2.81. The second-order valence-corrected chi connectivity index (χ2v) is 3.60. The fraction of sp³-hybridized carbons (Fsp3) is 0.250. The molecule has 2 rings (SSSR count). The van der Waals surface area contributed by atoms with Crippen molar-refractivity contribution in [3.05, 3.63) is 41.1 Å². The number of aryl methyl sites for hydroxylation is 2. The van der Waals surface area contributed by atoms with Crippen LogP contribution in [-0.4, -0.2) is 10.1 Å². The lowest BCUT2D eigenvalue weighted by Crippen LogP contribution is -1.92. The molecule has 1 aromatic carbocycles. The number of aliphatic hydroxyl groups excluding tert-OH is 1. The molecule has 2 nitrogen and oxygen atoms in total. The van der Waals surface area contributed by atoms with E-state index in [-0.39, 0.29) is 6.61 Å². The predicted molar refractivity (Wildman–Crippen MR) is 57.1 cm³/mol. The van der Waals surface area contributed by atoms with Gasteiger partial charge in [0.1, 0.15) is 0 Å². The van der Waals surface area contributed by atoms with E-state index in [1.54, 1.807) is 0 Å². The summed E-state index contributed by atoms with van der Waals surface area (Å²) in [4.78, 5) is 4.43. The van der Waals surface area contributed by atoms with Crippen molar-refractivity contribution in [3.63, 3.8) is 0 Å². The highest BCUT2D eigenvalue weighted by Crippen LogP contribution is 2.19. The Morgan fingerprint density at radius 1 is 1.21 bits per heavy atom. The Morgan fingerprint density at radius 2 is 2.00 bits per heavy atom. The maximum absolute atomic E-state index is 9.20. The van der Waals surface area contributed by atoms with E-state index in [9.17, 15) is 5.11 Å². The van der Waals surface area contributed by atoms with Crippen LogP contribution in [0.1, 0.15) is 16.8 Å². The molecule has 2 aromatic rings. The Bertz CT molecular complexity index is 472. The van der Waals surface area contributed by atoms with E-state index in [1.807, 2.05) is 38.1 Å². The second-order valence-electron chi connectivity index (χ2n) is 3.60. The smallest absolute Gasteiger partial charge is 0.0711 e. The predicted octanol–water partition coefficient (Wildman–Crippen LogP) is 2.34. The summed E-state index contributed by atoms with van der Waals surface area (Å²) >= 11 is 0. The van der Waals surface area contributed by atoms with Gasteiger partial charge < -0.3 is 5.11 Å². The van der Waals surface area contributed by atoms with Crippen LogP contribution in [0.15, 0.2) is 24.3 Å². The van der Waals surface area contributed by atoms with Crippen molar-refractivity contribution in [2.45, 2.75) is 20.5 Å². The highest BCUT2D eigenvalue weighted by Gasteiger charge is 2.02. The van der Waals surface area contributed by atoms with Crippen molar-refractivity contribution < 1.29 is 5.11 Å². The van der Waals surface area contributed by atoms with Gasteiger partial charge >= 0.3 is 0 Å². The summed E-state index contributed by atoms with van der Waals surface area (Å²) in [6.07, 6.45) is 0. The summed E-state index contributed by atoms with van der Waals surface area (Å²) in [6, 6.07) is 8.03. The third-order valence-corrected chi connectivity index (χ3v) is 2.35. The van der Waals surface area contributed by atoms with Gasteiger partial charge in [-0.2, -0.15) is 0 Å². The average molecular weight is 187 g/mol. The van der Waals surface area contributed by atoms with Crippen LogP contribution in [0.2, 0.25) is 0 Å². The number of nitrogens with zero attached hydrogens (tertiary/aromatic N) is 1. The van der Waals surface area contributed by atoms with Gasteiger partial charge in [0, 0.05) is 11.1 Å². The highest BCUT2D eigenvalue weighted by molar-refractivity contribution is 5.82. The summed E-state index contributed by atoms with van der Waals surface area (Å²) in [5.41, 5.74) is 4.06. The normalized spacial score (nSPS) is 10.8. The lowest BCUT2D eigenvalue weighted by molar-refractivity contribution is 0.283. The molecule has 0 amide bonds. The quantitative estimate of drug-likeness (QED) is 0.743. The van der Waals surface area contributed by atoms with Gasteiger partial charge in [-0.1, -0.05) is 12.1 Å². The average Bonchev–Trinajstić information content (AvgIpc) is 2.15. The molecule has 0 aliphatic carbocycles. The van der Waals surface area contributed by atoms with Crippen LogP contribution in [0.25, 0.3) is 10.9 Å². The Kier molecular flexibility index (Phi) is 2.22. The number of aliphatic hydroxyl groups is 1. The minimum atomic E-state index is 0.0723. The summed E-state index contributed by atoms with van der Waals surface area (Å²) in [6.45, 7) is 4.06. The van der Waals surface area contributed by atoms with E-state index in [1.165, 1.54) is 5.56 Å². The molecule has 0 unspecified atom stereocenters. The summed E-state index contributed by atoms with van der Waals surface area (Å²) in [5, 5.41) is 10.2. The number of benzene rings is 1. The molecule has 0 fully saturated rings. The molecule has 72 valence electrons. The summed E-state index contributed by atoms with van der Waals surface area (Å²) < 4.78 is 0. The number of pyridine rings is 1. The second kappa shape index (κ2) is 3.39. The van der Waals surface area contributed by atoms with Gasteiger partial charge in [0.15, 0.2) is 0 Å². The Morgan fingerprint density at radius 3 is 2.71 bits per heavy atom. The van der Waals surface area contributed by atoms with Gasteiger partial charge in [0.2, 0.25) is 0 Å². The third kappa shape index (κ3) is 1.49. The highest BCUT2D eigenvalue weighted by atomic mass is 16.3. The number of hydrogen-bond donors (Lipinski definition) is 1. The molecular weight excluding hydrogens is 174 g/mol. The maximum Gasteiger partial charge on any atom is 0.0711 e. The zero-order chi connectivity index (χ0) is 10.1. The van der Waals surface area contributed by atoms with E-state index < -0.39 is 0 Å². The van der Waals surface area contributed by atoms with E-state index in [2.05, 4.69) is 4.98 Å². The first kappa shape index (κ1) is 9.16. The molecule has 0 aliphatic rings. The lowest BCUT2D eigenvalue weighted by Gasteiger charge is -2.05. The van der Waals surface area contributed by atoms with Crippen molar-refractivity contribution in [1.29, 1.82) is 0 Å². The molecule has 1 heterocycles. The Hall–Kier alpha value is -1.41. The molecule has 0 bridgehead atoms. The van der Waals surface area contributed by atoms with Crippen molar-refractivity contribution in [2.24, 2.45) is 0 Å². The molecular formula is C12H13NO. The van der Waals surface area contributed by atoms with Gasteiger partial charge in [-0.3, -0.25) is 4.98 Å². The van der Waals surface area contributed by atoms with Gasteiger partial charge in [-0.25, -0.2) is 0 Å². The molecule has 1 aromatic heterocycles. The first-order chi connectivity index (χ1) is 6.70. The molecule has 0 spiro atoms. The van der Waals surface area contributed by atoms with Gasteiger partial charge in [0.25, 0.3) is 0 Å². The largest absolute Gasteiger partial charge is 0.392 e. The Labute approximate surface area is 83.2 Å². The number of fused-ring (bicyclic) bond motifs is 1. The van der Waals surface area contributed by atoms with Crippen LogP contribution in [0.3, 0.4) is 0 Å². The molecule has 0 atom stereocenters. The number of hydrogen-bond acceptors (Lipinski definition) is 2. The van der Waals surface area contributed by atoms with Crippen LogP contribution in [0.4, 0.5) is 0 Å². The standard InChI is InChI=1S/C12H13NO/c1-8-3-4-11-10(7-14)6-9(2)13-12(11)5-8/h3-6,14H,7H2,1-2H3. The van der Waals surface area contributed by atoms with Gasteiger partial charge in [-0.05, 0) is 37.1 Å². The van der Waals surface area contributed by atoms with Crippen LogP contribution < -0.4 is 0 Å². The monoisotopic (exact) mass is 187 g/mol. The van der Waals surface area contributed by atoms with E-state index in [0.29, 0.717) is 0 Å². The summed E-state index contributed by atoms with van der Waals surface area (Å²) in [5.74, 6) is 0. The van der Waals surface area contributed by atoms with Gasteiger partial charge in [-0.15, -0.1) is 0 Å². The topological polar surface area (TPSA) is 33.1 Å². The number of rotatable bonds is 1. The molecule has 1 N–H and O–H groups in total. The first-order valence-corrected chi connectivity index (χ1v) is 4.68. The SMILES string of the molecule is Cc1ccc2c(CO)cc(C)nc2c1. The van der Waals surface area contributed by atoms with Crippen molar-refractivity contribution in [2.75, 3.05) is 0 Å². The molecule has 2 heteroatoms. The van der Waals surface area contributed by atoms with E-state index in [4.69, 9.17) is 0 Å². The fourth-order valence-electron chi connectivity index (χ4n) is 1.69. The minimum absolute atomic E-state index is 0.0723. The fourth-order valence-corrected chi connectivity index (χ4v) is 1.69. The third-order valence-electron chi connectivity index (χ3n) is 2.35. The maximum atomic E-state index is 9.20. The molecule has 14 heavy (non-hydrogen) atoms. The van der Waals surface area contributed by atoms with Gasteiger partial charge in [0.05, 0.1) is 12.1 Å². The van der Waals surface area contributed by atoms with Crippen LogP contribution >= 0.6 is 0 Å². The molecule has 0 saturated carbocycles. The zero-order valence-corrected chi connectivity index (χ0v) is 8.41. The zero-order valence-electron chi connectivity index (χ0n) is 8.41. The van der Waals surface area contributed by atoms with E-state index in [0.717, 1.165) is 22.2 Å². The van der Waals surface area contributed by atoms with Crippen molar-refractivity contribution in [3.8, 4) is 0 Å². The minimum Gasteiger partial charge on any atom is -0.392 e. The van der Waals surface area contributed by atoms with Crippen LogP contribution in [0, 0.1) is 13.8 Å². The van der Waals surface area contributed by atoms with Crippen molar-refractivity contribution in [1.82, 2.24) is 4.98 Å². The molecule has 0 saturated heterocycles.